The van der Waals surface area contributed by atoms with Gasteiger partial charge in [-0.3, -0.25) is 9.48 Å². The van der Waals surface area contributed by atoms with Gasteiger partial charge in [0.15, 0.2) is 5.82 Å². The van der Waals surface area contributed by atoms with Gasteiger partial charge in [0.05, 0.1) is 16.8 Å². The maximum Gasteiger partial charge on any atom is 0.233 e. The molecule has 2 heterocycles. The Labute approximate surface area is 254 Å². The summed E-state index contributed by atoms with van der Waals surface area (Å²) < 4.78 is 22.3. The largest absolute Gasteiger partial charge is 0.339 e. The molecule has 1 aromatic carbocycles. The minimum absolute atomic E-state index is 0.0346. The van der Waals surface area contributed by atoms with Gasteiger partial charge in [0, 0.05) is 41.1 Å². The highest BCUT2D eigenvalue weighted by Crippen LogP contribution is 2.70. The van der Waals surface area contributed by atoms with Crippen molar-refractivity contribution in [3.05, 3.63) is 47.7 Å². The molecule has 0 N–H and O–H groups in total. The molecule has 7 nitrogen and oxygen atoms in total. The summed E-state index contributed by atoms with van der Waals surface area (Å²) in [6.45, 7) is 13.5. The van der Waals surface area contributed by atoms with E-state index in [4.69, 9.17) is 14.6 Å². The van der Waals surface area contributed by atoms with Gasteiger partial charge < -0.3 is 9.42 Å². The first kappa shape index (κ1) is 28.7. The standard InChI is InChI=1S/C35H46FN5O2/c1-30(2,3)26-18-25(40(7)38-26)23-9-8-10-24(17-23)41(29(42)34-19-35(36,20-34)21-34)22-32-11-14-33(15-12-32,16-13-32)27-37-28(43-39-27)31(4,5)6/h8-10,17-18H,11-16,19-22H2,1-7H3. The van der Waals surface area contributed by atoms with E-state index in [0.717, 1.165) is 67.0 Å². The lowest BCUT2D eigenvalue weighted by molar-refractivity contribution is -0.211. The monoisotopic (exact) mass is 587 g/mol. The van der Waals surface area contributed by atoms with Crippen LogP contribution in [0.1, 0.15) is 117 Å². The molecule has 3 aromatic rings. The van der Waals surface area contributed by atoms with Crippen molar-refractivity contribution in [3.8, 4) is 11.3 Å². The number of carbonyl (C=O) groups is 1. The minimum Gasteiger partial charge on any atom is -0.339 e. The summed E-state index contributed by atoms with van der Waals surface area (Å²) in [4.78, 5) is 21.2. The second-order valence-electron chi connectivity index (χ2n) is 16.6. The molecule has 8 heteroatoms. The van der Waals surface area contributed by atoms with E-state index < -0.39 is 11.1 Å². The van der Waals surface area contributed by atoms with Gasteiger partial charge >= 0.3 is 0 Å². The van der Waals surface area contributed by atoms with Crippen molar-refractivity contribution in [3.63, 3.8) is 0 Å². The van der Waals surface area contributed by atoms with Gasteiger partial charge in [-0.15, -0.1) is 0 Å². The third-order valence-corrected chi connectivity index (χ3v) is 11.2. The van der Waals surface area contributed by atoms with Crippen molar-refractivity contribution in [2.45, 2.75) is 121 Å². The summed E-state index contributed by atoms with van der Waals surface area (Å²) in [5.74, 6) is 1.66. The predicted octanol–water partition coefficient (Wildman–Crippen LogP) is 7.58. The number of anilines is 1. The number of alkyl halides is 1. The van der Waals surface area contributed by atoms with E-state index in [1.807, 2.05) is 22.7 Å². The molecule has 9 rings (SSSR count). The molecule has 0 saturated heterocycles. The van der Waals surface area contributed by atoms with Crippen molar-refractivity contribution in [1.29, 1.82) is 0 Å². The average Bonchev–Trinajstić information content (AvgIpc) is 3.58. The van der Waals surface area contributed by atoms with Gasteiger partial charge in [0.2, 0.25) is 11.8 Å². The number of hydrogen-bond acceptors (Lipinski definition) is 5. The number of fused-ring (bicyclic) bond motifs is 3. The molecule has 0 aliphatic heterocycles. The molecule has 6 aliphatic rings. The second-order valence-corrected chi connectivity index (χ2v) is 16.6. The van der Waals surface area contributed by atoms with Crippen molar-refractivity contribution in [1.82, 2.24) is 19.9 Å². The van der Waals surface area contributed by atoms with Crippen LogP contribution in [-0.4, -0.2) is 38.0 Å². The number of aryl methyl sites for hydroxylation is 1. The normalized spacial score (nSPS) is 31.4. The van der Waals surface area contributed by atoms with Crippen LogP contribution in [0.5, 0.6) is 0 Å². The molecule has 6 saturated carbocycles. The molecule has 230 valence electrons. The van der Waals surface area contributed by atoms with E-state index in [2.05, 4.69) is 71.0 Å². The number of carbonyl (C=O) groups excluding carboxylic acids is 1. The lowest BCUT2D eigenvalue weighted by Gasteiger charge is -2.65. The first-order valence-corrected chi connectivity index (χ1v) is 16.1. The summed E-state index contributed by atoms with van der Waals surface area (Å²) in [6, 6.07) is 10.5. The quantitative estimate of drug-likeness (QED) is 0.297. The summed E-state index contributed by atoms with van der Waals surface area (Å²) >= 11 is 0. The van der Waals surface area contributed by atoms with E-state index in [-0.39, 0.29) is 27.6 Å². The number of hydrogen-bond donors (Lipinski definition) is 0. The Morgan fingerprint density at radius 1 is 0.977 bits per heavy atom. The van der Waals surface area contributed by atoms with Gasteiger partial charge in [0.25, 0.3) is 0 Å². The zero-order valence-electron chi connectivity index (χ0n) is 26.9. The van der Waals surface area contributed by atoms with Crippen molar-refractivity contribution >= 4 is 11.6 Å². The summed E-state index contributed by atoms with van der Waals surface area (Å²) in [5.41, 5.74) is 2.12. The van der Waals surface area contributed by atoms with Gasteiger partial charge in [-0.2, -0.15) is 10.1 Å². The average molecular weight is 588 g/mol. The molecule has 0 atom stereocenters. The molecule has 0 unspecified atom stereocenters. The van der Waals surface area contributed by atoms with E-state index in [1.54, 1.807) is 0 Å². The smallest absolute Gasteiger partial charge is 0.233 e. The molecular weight excluding hydrogens is 541 g/mol. The Hall–Kier alpha value is -3.03. The first-order valence-electron chi connectivity index (χ1n) is 16.1. The van der Waals surface area contributed by atoms with Gasteiger partial charge in [-0.25, -0.2) is 4.39 Å². The molecule has 4 bridgehead atoms. The van der Waals surface area contributed by atoms with Crippen molar-refractivity contribution < 1.29 is 13.7 Å². The zero-order valence-corrected chi connectivity index (χ0v) is 26.9. The highest BCUT2D eigenvalue weighted by Gasteiger charge is 2.73. The van der Waals surface area contributed by atoms with Crippen LogP contribution in [0, 0.1) is 10.8 Å². The van der Waals surface area contributed by atoms with Crippen LogP contribution in [-0.2, 0) is 28.1 Å². The van der Waals surface area contributed by atoms with Crippen LogP contribution < -0.4 is 4.90 Å². The first-order chi connectivity index (χ1) is 20.0. The fourth-order valence-corrected chi connectivity index (χ4v) is 8.31. The third-order valence-electron chi connectivity index (χ3n) is 11.2. The Morgan fingerprint density at radius 3 is 2.16 bits per heavy atom. The third kappa shape index (κ3) is 4.57. The number of benzene rings is 1. The number of halogens is 1. The van der Waals surface area contributed by atoms with E-state index in [9.17, 15) is 9.18 Å². The molecule has 0 spiro atoms. The van der Waals surface area contributed by atoms with E-state index >= 15 is 0 Å². The fourth-order valence-electron chi connectivity index (χ4n) is 8.31. The Kier molecular flexibility index (Phi) is 6.02. The van der Waals surface area contributed by atoms with Gasteiger partial charge in [-0.1, -0.05) is 58.8 Å². The zero-order chi connectivity index (χ0) is 30.6. The van der Waals surface area contributed by atoms with Gasteiger partial charge in [0.1, 0.15) is 5.67 Å². The van der Waals surface area contributed by atoms with Crippen LogP contribution in [0.3, 0.4) is 0 Å². The highest BCUT2D eigenvalue weighted by molar-refractivity contribution is 6.00. The SMILES string of the molecule is Cn1nc(C(C)(C)C)cc1-c1cccc(N(CC23CCC(c4noc(C(C)(C)C)n4)(CC2)CC3)C(=O)C23CC(F)(C2)C3)c1. The summed E-state index contributed by atoms with van der Waals surface area (Å²) in [6.07, 6.45) is 7.18. The maximum atomic E-state index is 14.7. The molecule has 2 aromatic heterocycles. The number of amides is 1. The van der Waals surface area contributed by atoms with Crippen LogP contribution in [0.2, 0.25) is 0 Å². The van der Waals surface area contributed by atoms with Crippen LogP contribution in [0.15, 0.2) is 34.9 Å². The van der Waals surface area contributed by atoms with E-state index in [1.165, 1.54) is 0 Å². The lowest BCUT2D eigenvalue weighted by atomic mass is 9.41. The minimum atomic E-state index is -1.12. The van der Waals surface area contributed by atoms with Crippen LogP contribution in [0.25, 0.3) is 11.3 Å². The number of aromatic nitrogens is 4. The maximum absolute atomic E-state index is 14.7. The summed E-state index contributed by atoms with van der Waals surface area (Å²) in [7, 11) is 1.98. The van der Waals surface area contributed by atoms with E-state index in [0.29, 0.717) is 31.7 Å². The van der Waals surface area contributed by atoms with Crippen LogP contribution in [0.4, 0.5) is 10.1 Å². The van der Waals surface area contributed by atoms with Crippen molar-refractivity contribution in [2.75, 3.05) is 11.4 Å². The highest BCUT2D eigenvalue weighted by atomic mass is 19.1. The number of rotatable bonds is 6. The topological polar surface area (TPSA) is 77.1 Å². The van der Waals surface area contributed by atoms with Crippen molar-refractivity contribution in [2.24, 2.45) is 17.9 Å². The Bertz CT molecular complexity index is 1540. The Balaban J connectivity index is 1.17. The van der Waals surface area contributed by atoms with Crippen LogP contribution >= 0.6 is 0 Å². The van der Waals surface area contributed by atoms with Gasteiger partial charge in [-0.05, 0) is 81.4 Å². The lowest BCUT2D eigenvalue weighted by Crippen LogP contribution is -2.71. The second kappa shape index (κ2) is 9.01. The molecule has 1 amide bonds. The molecule has 0 radical (unpaired) electrons. The fraction of sp³-hybridized carbons (Fsp3) is 0.657. The number of nitrogens with zero attached hydrogens (tertiary/aromatic N) is 5. The molecule has 6 aliphatic carbocycles. The Morgan fingerprint density at radius 2 is 1.63 bits per heavy atom. The molecule has 6 fully saturated rings. The molecule has 43 heavy (non-hydrogen) atoms. The summed E-state index contributed by atoms with van der Waals surface area (Å²) in [5, 5.41) is 9.26. The molecular formula is C35H46FN5O2. The predicted molar refractivity (Wildman–Crippen MR) is 165 cm³/mol.